The van der Waals surface area contributed by atoms with Crippen molar-refractivity contribution < 1.29 is 23.1 Å². The minimum Gasteiger partial charge on any atom is -0.475 e. The molecule has 0 saturated heterocycles. The Morgan fingerprint density at radius 3 is 2.72 bits per heavy atom. The molecule has 0 aliphatic carbocycles. The second kappa shape index (κ2) is 9.56. The Morgan fingerprint density at radius 1 is 1.31 bits per heavy atom. The van der Waals surface area contributed by atoms with Crippen LogP contribution in [0.15, 0.2) is 53.9 Å². The Hall–Kier alpha value is -3.79. The quantitative estimate of drug-likeness (QED) is 0.397. The zero-order valence-corrected chi connectivity index (χ0v) is 17.5. The van der Waals surface area contributed by atoms with E-state index in [9.17, 15) is 18.4 Å². The second-order valence-corrected chi connectivity index (χ2v) is 7.08. The Bertz CT molecular complexity index is 1280. The molecule has 0 amide bonds. The van der Waals surface area contributed by atoms with Gasteiger partial charge in [0, 0.05) is 29.5 Å². The molecule has 164 valence electrons. The number of carboxylic acids is 1. The molecule has 0 bridgehead atoms. The van der Waals surface area contributed by atoms with Crippen molar-refractivity contribution in [3.63, 3.8) is 0 Å². The molecule has 4 aromatic heterocycles. The summed E-state index contributed by atoms with van der Waals surface area (Å²) >= 11 is 3.37. The molecule has 32 heavy (non-hydrogen) atoms. The Balaban J connectivity index is 0.000000360. The first kappa shape index (κ1) is 22.9. The smallest absolute Gasteiger partial charge is 0.475 e. The van der Waals surface area contributed by atoms with Crippen molar-refractivity contribution in [2.45, 2.75) is 18.6 Å². The molecular weight excluding hydrogens is 495 g/mol. The number of nitrogens with one attached hydrogen (secondary N) is 1. The molecule has 1 atom stereocenters. The van der Waals surface area contributed by atoms with Gasteiger partial charge in [-0.2, -0.15) is 23.5 Å². The van der Waals surface area contributed by atoms with Crippen molar-refractivity contribution in [1.82, 2.24) is 29.7 Å². The van der Waals surface area contributed by atoms with E-state index < -0.39 is 12.1 Å². The molecule has 1 unspecified atom stereocenters. The summed E-state index contributed by atoms with van der Waals surface area (Å²) in [5, 5.41) is 21.8. The Morgan fingerprint density at radius 2 is 2.06 bits per heavy atom. The maximum absolute atomic E-state index is 10.6. The second-order valence-electron chi connectivity index (χ2n) is 6.26. The first-order chi connectivity index (χ1) is 15.2. The Kier molecular flexibility index (Phi) is 6.84. The number of fused-ring (bicyclic) bond motifs is 1. The van der Waals surface area contributed by atoms with Crippen LogP contribution in [0.5, 0.6) is 0 Å². The number of aromatic amines is 1. The monoisotopic (exact) mass is 507 g/mol. The highest BCUT2D eigenvalue weighted by Crippen LogP contribution is 2.28. The van der Waals surface area contributed by atoms with Gasteiger partial charge in [0.1, 0.15) is 16.6 Å². The number of halogens is 4. The number of hydrogen-bond acceptors (Lipinski definition) is 6. The number of H-pyrrole nitrogens is 1. The van der Waals surface area contributed by atoms with Gasteiger partial charge in [0.05, 0.1) is 30.4 Å². The number of alkyl halides is 3. The lowest BCUT2D eigenvalue weighted by atomic mass is 10.1. The van der Waals surface area contributed by atoms with Gasteiger partial charge >= 0.3 is 12.1 Å². The zero-order chi connectivity index (χ0) is 23.3. The topological polar surface area (TPSA) is 133 Å². The van der Waals surface area contributed by atoms with Crippen molar-refractivity contribution in [3.05, 3.63) is 59.5 Å². The molecule has 13 heteroatoms. The third-order valence-electron chi connectivity index (χ3n) is 4.21. The van der Waals surface area contributed by atoms with E-state index in [0.717, 1.165) is 32.5 Å². The number of hydrogen-bond donors (Lipinski definition) is 2. The van der Waals surface area contributed by atoms with Crippen molar-refractivity contribution >= 4 is 32.9 Å². The molecule has 0 radical (unpaired) electrons. The van der Waals surface area contributed by atoms with Crippen LogP contribution in [0.1, 0.15) is 18.0 Å². The fraction of sp³-hybridized carbons (Fsp3) is 0.158. The molecule has 4 rings (SSSR count). The van der Waals surface area contributed by atoms with Crippen LogP contribution >= 0.6 is 15.9 Å². The molecule has 0 fully saturated rings. The number of nitrogens with zero attached hydrogens (tertiary/aromatic N) is 6. The predicted molar refractivity (Wildman–Crippen MR) is 109 cm³/mol. The summed E-state index contributed by atoms with van der Waals surface area (Å²) in [4.78, 5) is 24.7. The van der Waals surface area contributed by atoms with Gasteiger partial charge in [-0.05, 0) is 39.7 Å². The number of aromatic nitrogens is 6. The molecule has 0 aliphatic heterocycles. The van der Waals surface area contributed by atoms with E-state index in [1.54, 1.807) is 17.1 Å². The van der Waals surface area contributed by atoms with Crippen LogP contribution in [0.2, 0.25) is 0 Å². The first-order valence-corrected chi connectivity index (χ1v) is 9.61. The number of rotatable bonds is 4. The Labute approximate surface area is 186 Å². The van der Waals surface area contributed by atoms with Gasteiger partial charge in [0.15, 0.2) is 0 Å². The average molecular weight is 508 g/mol. The van der Waals surface area contributed by atoms with E-state index in [1.807, 2.05) is 30.6 Å². The molecular formula is C19H13BrF3N7O2. The van der Waals surface area contributed by atoms with Gasteiger partial charge in [0.2, 0.25) is 0 Å². The van der Waals surface area contributed by atoms with Crippen LogP contribution in [-0.2, 0) is 4.79 Å². The fourth-order valence-electron chi connectivity index (χ4n) is 2.81. The van der Waals surface area contributed by atoms with E-state index in [1.165, 1.54) is 6.33 Å². The van der Waals surface area contributed by atoms with Crippen molar-refractivity contribution in [1.29, 1.82) is 5.26 Å². The van der Waals surface area contributed by atoms with Crippen LogP contribution in [0.4, 0.5) is 13.2 Å². The molecule has 0 aromatic carbocycles. The third-order valence-corrected chi connectivity index (χ3v) is 4.64. The van der Waals surface area contributed by atoms with Gasteiger partial charge < -0.3 is 10.1 Å². The summed E-state index contributed by atoms with van der Waals surface area (Å²) < 4.78 is 34.3. The van der Waals surface area contributed by atoms with Crippen LogP contribution in [0.3, 0.4) is 0 Å². The van der Waals surface area contributed by atoms with Crippen LogP contribution < -0.4 is 0 Å². The highest BCUT2D eigenvalue weighted by atomic mass is 79.9. The average Bonchev–Trinajstić information content (AvgIpc) is 3.41. The molecule has 2 N–H and O–H groups in total. The number of nitriles is 1. The van der Waals surface area contributed by atoms with E-state index in [2.05, 4.69) is 47.0 Å². The number of carbonyl (C=O) groups is 1. The SMILES string of the molecule is N#CCC(c1ccnc(Br)c1)n1cc(-c2ncnc3[nH]ccc23)cn1.O=C(O)C(F)(F)F. The minimum absolute atomic E-state index is 0.193. The standard InChI is InChI=1S/C17H12BrN7.C2HF3O2/c18-15-7-11(2-5-20-15)14(1-4-19)25-9-12(8-24-25)16-13-3-6-21-17(13)23-10-22-16;3-2(4,5)1(6)7/h2-3,5-10,14H,1H2,(H,21,22,23);(H,6,7). The summed E-state index contributed by atoms with van der Waals surface area (Å²) in [6, 6.07) is 7.77. The van der Waals surface area contributed by atoms with Gasteiger partial charge in [0.25, 0.3) is 0 Å². The van der Waals surface area contributed by atoms with Crippen LogP contribution in [-0.4, -0.2) is 47.0 Å². The molecule has 4 heterocycles. The van der Waals surface area contributed by atoms with Crippen molar-refractivity contribution in [2.75, 3.05) is 0 Å². The van der Waals surface area contributed by atoms with E-state index in [0.29, 0.717) is 6.42 Å². The summed E-state index contributed by atoms with van der Waals surface area (Å²) in [5.41, 5.74) is 3.43. The minimum atomic E-state index is -5.08. The highest BCUT2D eigenvalue weighted by Gasteiger charge is 2.38. The van der Waals surface area contributed by atoms with Crippen molar-refractivity contribution in [3.8, 4) is 17.3 Å². The van der Waals surface area contributed by atoms with E-state index >= 15 is 0 Å². The maximum Gasteiger partial charge on any atom is 0.490 e. The van der Waals surface area contributed by atoms with Gasteiger partial charge in [-0.25, -0.2) is 19.7 Å². The van der Waals surface area contributed by atoms with Gasteiger partial charge in [-0.3, -0.25) is 4.68 Å². The number of carboxylic acid groups (broad SMARTS) is 1. The zero-order valence-electron chi connectivity index (χ0n) is 16.0. The first-order valence-electron chi connectivity index (χ1n) is 8.82. The number of aliphatic carboxylic acids is 1. The summed E-state index contributed by atoms with van der Waals surface area (Å²) in [6.45, 7) is 0. The summed E-state index contributed by atoms with van der Waals surface area (Å²) in [6.07, 6.45) is 3.96. The van der Waals surface area contributed by atoms with Crippen LogP contribution in [0, 0.1) is 11.3 Å². The van der Waals surface area contributed by atoms with Crippen molar-refractivity contribution in [2.24, 2.45) is 0 Å². The summed E-state index contributed by atoms with van der Waals surface area (Å²) in [7, 11) is 0. The van der Waals surface area contributed by atoms with Gasteiger partial charge in [-0.1, -0.05) is 0 Å². The maximum atomic E-state index is 10.6. The number of pyridine rings is 1. The molecule has 0 saturated carbocycles. The predicted octanol–water partition coefficient (Wildman–Crippen LogP) is 4.12. The highest BCUT2D eigenvalue weighted by molar-refractivity contribution is 9.10. The molecule has 0 spiro atoms. The molecule has 9 nitrogen and oxygen atoms in total. The van der Waals surface area contributed by atoms with Gasteiger partial charge in [-0.15, -0.1) is 0 Å². The largest absolute Gasteiger partial charge is 0.490 e. The summed E-state index contributed by atoms with van der Waals surface area (Å²) in [5.74, 6) is -2.76. The molecule has 0 aliphatic rings. The van der Waals surface area contributed by atoms with E-state index in [-0.39, 0.29) is 6.04 Å². The van der Waals surface area contributed by atoms with Crippen LogP contribution in [0.25, 0.3) is 22.3 Å². The molecule has 4 aromatic rings. The lowest BCUT2D eigenvalue weighted by molar-refractivity contribution is -0.192. The lowest BCUT2D eigenvalue weighted by Gasteiger charge is -2.14. The fourth-order valence-corrected chi connectivity index (χ4v) is 3.19. The third kappa shape index (κ3) is 5.27. The van der Waals surface area contributed by atoms with E-state index in [4.69, 9.17) is 9.90 Å². The normalized spacial score (nSPS) is 12.0. The lowest BCUT2D eigenvalue weighted by Crippen LogP contribution is -2.21.